The second-order valence-corrected chi connectivity index (χ2v) is 2.95. The van der Waals surface area contributed by atoms with E-state index in [0.717, 1.165) is 11.6 Å². The number of hydrogen-bond acceptors (Lipinski definition) is 2. The highest BCUT2D eigenvalue weighted by Gasteiger charge is 2.17. The van der Waals surface area contributed by atoms with Crippen molar-refractivity contribution in [1.82, 2.24) is 5.32 Å². The molecule has 1 heterocycles. The number of nitrogens with one attached hydrogen (secondary N) is 1. The first kappa shape index (κ1) is 8.59. The number of hydrogen-bond donors (Lipinski definition) is 1. The van der Waals surface area contributed by atoms with Crippen molar-refractivity contribution in [2.75, 3.05) is 13.3 Å². The van der Waals surface area contributed by atoms with Crippen LogP contribution in [0.25, 0.3) is 0 Å². The maximum atomic E-state index is 12.8. The molecule has 0 radical (unpaired) electrons. The van der Waals surface area contributed by atoms with Crippen molar-refractivity contribution in [2.24, 2.45) is 0 Å². The molecule has 1 fully saturated rings. The topological polar surface area (TPSA) is 21.3 Å². The summed E-state index contributed by atoms with van der Waals surface area (Å²) >= 11 is 0. The molecule has 1 aromatic carbocycles. The van der Waals surface area contributed by atoms with Crippen LogP contribution in [-0.2, 0) is 4.74 Å². The minimum atomic E-state index is -0.817. The highest BCUT2D eigenvalue weighted by atomic mass is 19.2. The summed E-state index contributed by atoms with van der Waals surface area (Å²) in [5.74, 6) is -1.63. The molecule has 0 amide bonds. The minimum Gasteiger partial charge on any atom is -0.364 e. The summed E-state index contributed by atoms with van der Waals surface area (Å²) in [7, 11) is 0. The maximum Gasteiger partial charge on any atom is 0.159 e. The summed E-state index contributed by atoms with van der Waals surface area (Å²) in [5.41, 5.74) is 0.719. The number of benzene rings is 1. The van der Waals surface area contributed by atoms with Crippen molar-refractivity contribution in [2.45, 2.75) is 6.04 Å². The van der Waals surface area contributed by atoms with Gasteiger partial charge in [0.2, 0.25) is 0 Å². The molecule has 1 saturated heterocycles. The van der Waals surface area contributed by atoms with E-state index in [2.05, 4.69) is 5.32 Å². The van der Waals surface area contributed by atoms with Crippen molar-refractivity contribution in [3.63, 3.8) is 0 Å². The van der Waals surface area contributed by atoms with Gasteiger partial charge in [0.15, 0.2) is 11.6 Å². The van der Waals surface area contributed by atoms with Crippen LogP contribution in [0.4, 0.5) is 8.78 Å². The molecule has 70 valence electrons. The fourth-order valence-electron chi connectivity index (χ4n) is 1.34. The lowest BCUT2D eigenvalue weighted by atomic mass is 10.1. The third-order valence-electron chi connectivity index (χ3n) is 2.06. The van der Waals surface area contributed by atoms with Crippen LogP contribution in [0.5, 0.6) is 0 Å². The predicted molar refractivity (Wildman–Crippen MR) is 43.1 cm³/mol. The summed E-state index contributed by atoms with van der Waals surface area (Å²) in [4.78, 5) is 0. The van der Waals surface area contributed by atoms with Crippen molar-refractivity contribution in [3.8, 4) is 0 Å². The van der Waals surface area contributed by atoms with Gasteiger partial charge in [0, 0.05) is 0 Å². The quantitative estimate of drug-likeness (QED) is 0.717. The fraction of sp³-hybridized carbons (Fsp3) is 0.333. The van der Waals surface area contributed by atoms with Gasteiger partial charge in [-0.05, 0) is 17.7 Å². The van der Waals surface area contributed by atoms with Gasteiger partial charge in [-0.25, -0.2) is 8.78 Å². The second-order valence-electron chi connectivity index (χ2n) is 2.95. The Kier molecular flexibility index (Phi) is 2.24. The van der Waals surface area contributed by atoms with E-state index in [1.54, 1.807) is 6.07 Å². The van der Waals surface area contributed by atoms with Gasteiger partial charge in [-0.15, -0.1) is 0 Å². The van der Waals surface area contributed by atoms with Gasteiger partial charge in [-0.2, -0.15) is 0 Å². The normalized spacial score (nSPS) is 22.2. The fourth-order valence-corrected chi connectivity index (χ4v) is 1.34. The highest BCUT2D eigenvalue weighted by molar-refractivity contribution is 5.21. The molecule has 1 unspecified atom stereocenters. The van der Waals surface area contributed by atoms with Crippen LogP contribution < -0.4 is 5.32 Å². The number of rotatable bonds is 1. The molecular formula is C9H9F2NO. The van der Waals surface area contributed by atoms with Gasteiger partial charge in [-0.3, -0.25) is 5.32 Å². The molecule has 2 nitrogen and oxygen atoms in total. The Morgan fingerprint density at radius 3 is 2.77 bits per heavy atom. The molecule has 0 saturated carbocycles. The largest absolute Gasteiger partial charge is 0.364 e. The SMILES string of the molecule is Fc1ccc(C2COCN2)cc1F. The van der Waals surface area contributed by atoms with E-state index in [4.69, 9.17) is 4.74 Å². The van der Waals surface area contributed by atoms with Crippen LogP contribution in [0.15, 0.2) is 18.2 Å². The van der Waals surface area contributed by atoms with E-state index >= 15 is 0 Å². The van der Waals surface area contributed by atoms with Gasteiger partial charge < -0.3 is 4.74 Å². The molecule has 2 rings (SSSR count). The zero-order valence-electron chi connectivity index (χ0n) is 6.89. The van der Waals surface area contributed by atoms with Gasteiger partial charge in [0.25, 0.3) is 0 Å². The smallest absolute Gasteiger partial charge is 0.159 e. The zero-order chi connectivity index (χ0) is 9.26. The Morgan fingerprint density at radius 2 is 2.15 bits per heavy atom. The lowest BCUT2D eigenvalue weighted by molar-refractivity contribution is 0.189. The molecular weight excluding hydrogens is 176 g/mol. The van der Waals surface area contributed by atoms with Gasteiger partial charge >= 0.3 is 0 Å². The Morgan fingerprint density at radius 1 is 1.31 bits per heavy atom. The van der Waals surface area contributed by atoms with Crippen LogP contribution in [0.2, 0.25) is 0 Å². The van der Waals surface area contributed by atoms with E-state index in [1.807, 2.05) is 0 Å². The molecule has 1 aliphatic heterocycles. The molecule has 0 aliphatic carbocycles. The Labute approximate surface area is 74.5 Å². The lowest BCUT2D eigenvalue weighted by Crippen LogP contribution is -2.14. The Bertz CT molecular complexity index is 310. The Balaban J connectivity index is 2.25. The first-order valence-electron chi connectivity index (χ1n) is 4.03. The summed E-state index contributed by atoms with van der Waals surface area (Å²) in [5, 5.41) is 3.01. The van der Waals surface area contributed by atoms with E-state index in [1.165, 1.54) is 6.07 Å². The van der Waals surface area contributed by atoms with Crippen LogP contribution >= 0.6 is 0 Å². The molecule has 0 aromatic heterocycles. The first-order valence-corrected chi connectivity index (χ1v) is 4.03. The summed E-state index contributed by atoms with van der Waals surface area (Å²) < 4.78 is 30.4. The molecule has 1 aliphatic rings. The van der Waals surface area contributed by atoms with Gasteiger partial charge in [0.1, 0.15) is 0 Å². The molecule has 0 spiro atoms. The molecule has 1 aromatic rings. The molecule has 1 atom stereocenters. The summed E-state index contributed by atoms with van der Waals surface area (Å²) in [6.45, 7) is 0.967. The monoisotopic (exact) mass is 185 g/mol. The van der Waals surface area contributed by atoms with Crippen molar-refractivity contribution in [1.29, 1.82) is 0 Å². The second kappa shape index (κ2) is 3.40. The average molecular weight is 185 g/mol. The average Bonchev–Trinajstić information content (AvgIpc) is 2.62. The summed E-state index contributed by atoms with van der Waals surface area (Å²) in [6, 6.07) is 3.87. The molecule has 4 heteroatoms. The zero-order valence-corrected chi connectivity index (χ0v) is 6.89. The van der Waals surface area contributed by atoms with Crippen LogP contribution in [0.3, 0.4) is 0 Å². The van der Waals surface area contributed by atoms with E-state index in [-0.39, 0.29) is 6.04 Å². The van der Waals surface area contributed by atoms with Crippen LogP contribution in [-0.4, -0.2) is 13.3 Å². The van der Waals surface area contributed by atoms with E-state index < -0.39 is 11.6 Å². The maximum absolute atomic E-state index is 12.8. The van der Waals surface area contributed by atoms with Gasteiger partial charge in [0.05, 0.1) is 19.4 Å². The Hall–Kier alpha value is -1.00. The third-order valence-corrected chi connectivity index (χ3v) is 2.06. The summed E-state index contributed by atoms with van der Waals surface area (Å²) in [6.07, 6.45) is 0. The molecule has 1 N–H and O–H groups in total. The van der Waals surface area contributed by atoms with Gasteiger partial charge in [-0.1, -0.05) is 6.07 Å². The standard InChI is InChI=1S/C9H9F2NO/c10-7-2-1-6(3-8(7)11)9-4-13-5-12-9/h1-3,9,12H,4-5H2. The molecule has 0 bridgehead atoms. The van der Waals surface area contributed by atoms with Crippen molar-refractivity contribution < 1.29 is 13.5 Å². The van der Waals surface area contributed by atoms with Crippen molar-refractivity contribution in [3.05, 3.63) is 35.4 Å². The van der Waals surface area contributed by atoms with Crippen LogP contribution in [0, 0.1) is 11.6 Å². The van der Waals surface area contributed by atoms with Crippen LogP contribution in [0.1, 0.15) is 11.6 Å². The molecule has 13 heavy (non-hydrogen) atoms. The first-order chi connectivity index (χ1) is 6.27. The predicted octanol–water partition coefficient (Wildman–Crippen LogP) is 1.58. The number of halogens is 2. The van der Waals surface area contributed by atoms with E-state index in [9.17, 15) is 8.78 Å². The lowest BCUT2D eigenvalue weighted by Gasteiger charge is -2.08. The minimum absolute atomic E-state index is 0.0184. The van der Waals surface area contributed by atoms with Crippen molar-refractivity contribution >= 4 is 0 Å². The number of ether oxygens (including phenoxy) is 1. The highest BCUT2D eigenvalue weighted by Crippen LogP contribution is 2.18. The van der Waals surface area contributed by atoms with E-state index in [0.29, 0.717) is 13.3 Å². The third kappa shape index (κ3) is 1.68.